The average Bonchev–Trinajstić information content (AvgIpc) is 2.88. The van der Waals surface area contributed by atoms with Crippen LogP contribution >= 0.6 is 12.4 Å². The number of carbonyl (C=O) groups excluding carboxylic acids is 1. The number of nitrogens with one attached hydrogen (secondary N) is 2. The van der Waals surface area contributed by atoms with Crippen molar-refractivity contribution in [3.8, 4) is 0 Å². The molecule has 2 N–H and O–H groups in total. The fourth-order valence-electron chi connectivity index (χ4n) is 2.67. The highest BCUT2D eigenvalue weighted by Gasteiger charge is 2.44. The van der Waals surface area contributed by atoms with Crippen molar-refractivity contribution in [2.24, 2.45) is 0 Å². The lowest BCUT2D eigenvalue weighted by Crippen LogP contribution is -2.57. The molecular formula is C14H22ClF3N4O2. The maximum absolute atomic E-state index is 13.3. The van der Waals surface area contributed by atoms with Crippen molar-refractivity contribution >= 4 is 18.3 Å². The fourth-order valence-corrected chi connectivity index (χ4v) is 2.67. The lowest BCUT2D eigenvalue weighted by molar-refractivity contribution is -0.183. The molecule has 1 saturated heterocycles. The number of hydrogen-bond acceptors (Lipinski definition) is 5. The average molecular weight is 371 g/mol. The Morgan fingerprint density at radius 1 is 1.42 bits per heavy atom. The molecule has 1 aliphatic heterocycles. The molecule has 1 fully saturated rings. The molecule has 1 amide bonds. The fraction of sp³-hybridized carbons (Fsp3) is 0.714. The minimum absolute atomic E-state index is 0. The summed E-state index contributed by atoms with van der Waals surface area (Å²) in [6.07, 6.45) is -3.93. The van der Waals surface area contributed by atoms with E-state index in [9.17, 15) is 18.0 Å². The summed E-state index contributed by atoms with van der Waals surface area (Å²) in [7, 11) is 0. The zero-order valence-corrected chi connectivity index (χ0v) is 14.4. The van der Waals surface area contributed by atoms with Gasteiger partial charge in [0.25, 0.3) is 5.91 Å². The van der Waals surface area contributed by atoms with Crippen LogP contribution in [0.4, 0.5) is 13.2 Å². The summed E-state index contributed by atoms with van der Waals surface area (Å²) in [6.45, 7) is 4.48. The van der Waals surface area contributed by atoms with Crippen LogP contribution in [0.1, 0.15) is 28.7 Å². The monoisotopic (exact) mass is 370 g/mol. The second-order valence-electron chi connectivity index (χ2n) is 5.47. The molecule has 1 aromatic rings. The molecule has 2 heterocycles. The highest BCUT2D eigenvalue weighted by molar-refractivity contribution is 5.96. The number of halogens is 4. The topological polar surface area (TPSA) is 70.4 Å². The first-order chi connectivity index (χ1) is 10.8. The van der Waals surface area contributed by atoms with Crippen LogP contribution in [0.5, 0.6) is 0 Å². The number of alkyl halides is 3. The molecule has 1 aliphatic rings. The number of piperazine rings is 1. The zero-order chi connectivity index (χ0) is 17.0. The minimum atomic E-state index is -4.40. The SMILES string of the molecule is CCc1noc(C)c1C(=O)NCC(N1CCNCC1)C(F)(F)F.Cl. The van der Waals surface area contributed by atoms with Crippen LogP contribution in [0.2, 0.25) is 0 Å². The van der Waals surface area contributed by atoms with Gasteiger partial charge in [0, 0.05) is 32.7 Å². The van der Waals surface area contributed by atoms with Crippen molar-refractivity contribution in [2.45, 2.75) is 32.5 Å². The van der Waals surface area contributed by atoms with Crippen LogP contribution in [0, 0.1) is 6.92 Å². The van der Waals surface area contributed by atoms with E-state index in [1.165, 1.54) is 4.90 Å². The third-order valence-electron chi connectivity index (χ3n) is 3.92. The van der Waals surface area contributed by atoms with Crippen molar-refractivity contribution < 1.29 is 22.5 Å². The molecule has 2 rings (SSSR count). The summed E-state index contributed by atoms with van der Waals surface area (Å²) in [4.78, 5) is 13.6. The number of aromatic nitrogens is 1. The number of hydrogen-bond donors (Lipinski definition) is 2. The molecule has 0 aliphatic carbocycles. The molecule has 1 atom stereocenters. The predicted molar refractivity (Wildman–Crippen MR) is 84.5 cm³/mol. The molecule has 10 heteroatoms. The Labute approximate surface area is 144 Å². The van der Waals surface area contributed by atoms with Crippen LogP contribution < -0.4 is 10.6 Å². The van der Waals surface area contributed by atoms with Crippen molar-refractivity contribution in [3.63, 3.8) is 0 Å². The highest BCUT2D eigenvalue weighted by atomic mass is 35.5. The molecular weight excluding hydrogens is 349 g/mol. The van der Waals surface area contributed by atoms with Crippen LogP contribution in [-0.4, -0.2) is 60.9 Å². The molecule has 0 spiro atoms. The molecule has 1 unspecified atom stereocenters. The molecule has 0 radical (unpaired) electrons. The minimum Gasteiger partial charge on any atom is -0.361 e. The van der Waals surface area contributed by atoms with E-state index in [2.05, 4.69) is 15.8 Å². The van der Waals surface area contributed by atoms with E-state index < -0.39 is 24.7 Å². The maximum atomic E-state index is 13.3. The highest BCUT2D eigenvalue weighted by Crippen LogP contribution is 2.25. The van der Waals surface area contributed by atoms with E-state index >= 15 is 0 Å². The van der Waals surface area contributed by atoms with E-state index in [0.29, 0.717) is 44.1 Å². The summed E-state index contributed by atoms with van der Waals surface area (Å²) >= 11 is 0. The lowest BCUT2D eigenvalue weighted by atomic mass is 10.1. The van der Waals surface area contributed by atoms with Gasteiger partial charge in [0.2, 0.25) is 0 Å². The van der Waals surface area contributed by atoms with Crippen LogP contribution in [0.25, 0.3) is 0 Å². The Bertz CT molecular complexity index is 545. The number of amides is 1. The summed E-state index contributed by atoms with van der Waals surface area (Å²) in [5.41, 5.74) is 0.680. The van der Waals surface area contributed by atoms with Gasteiger partial charge in [-0.05, 0) is 13.3 Å². The predicted octanol–water partition coefficient (Wildman–Crippen LogP) is 1.53. The van der Waals surface area contributed by atoms with Gasteiger partial charge in [0.15, 0.2) is 0 Å². The van der Waals surface area contributed by atoms with Crippen LogP contribution in [-0.2, 0) is 6.42 Å². The van der Waals surface area contributed by atoms with Crippen molar-refractivity contribution in [2.75, 3.05) is 32.7 Å². The third-order valence-corrected chi connectivity index (χ3v) is 3.92. The van der Waals surface area contributed by atoms with Gasteiger partial charge in [-0.15, -0.1) is 12.4 Å². The second kappa shape index (κ2) is 8.68. The summed E-state index contributed by atoms with van der Waals surface area (Å²) in [5, 5.41) is 9.14. The van der Waals surface area contributed by atoms with Crippen LogP contribution in [0.15, 0.2) is 4.52 Å². The standard InChI is InChI=1S/C14H21F3N4O2.ClH/c1-3-10-12(9(2)23-20-10)13(22)19-8-11(14(15,16)17)21-6-4-18-5-7-21;/h11,18H,3-8H2,1-2H3,(H,19,22);1H. The molecule has 1 aromatic heterocycles. The number of aryl methyl sites for hydroxylation is 2. The zero-order valence-electron chi connectivity index (χ0n) is 13.6. The molecule has 24 heavy (non-hydrogen) atoms. The van der Waals surface area contributed by atoms with Crippen molar-refractivity contribution in [1.82, 2.24) is 20.7 Å². The Kier molecular flexibility index (Phi) is 7.50. The maximum Gasteiger partial charge on any atom is 0.405 e. The molecule has 138 valence electrons. The molecule has 0 aromatic carbocycles. The Balaban J connectivity index is 0.00000288. The molecule has 6 nitrogen and oxygen atoms in total. The van der Waals surface area contributed by atoms with E-state index in [4.69, 9.17) is 4.52 Å². The summed E-state index contributed by atoms with van der Waals surface area (Å²) in [6, 6.07) is -1.70. The summed E-state index contributed by atoms with van der Waals surface area (Å²) in [5.74, 6) is -0.268. The van der Waals surface area contributed by atoms with Gasteiger partial charge >= 0.3 is 6.18 Å². The molecule has 0 bridgehead atoms. The van der Waals surface area contributed by atoms with Crippen molar-refractivity contribution in [3.05, 3.63) is 17.0 Å². The van der Waals surface area contributed by atoms with E-state index in [1.54, 1.807) is 13.8 Å². The van der Waals surface area contributed by atoms with Gasteiger partial charge in [0.05, 0.1) is 5.69 Å². The lowest BCUT2D eigenvalue weighted by Gasteiger charge is -2.35. The first kappa shape index (κ1) is 20.7. The van der Waals surface area contributed by atoms with Gasteiger partial charge in [0.1, 0.15) is 17.4 Å². The third kappa shape index (κ3) is 4.84. The van der Waals surface area contributed by atoms with Gasteiger partial charge in [-0.1, -0.05) is 12.1 Å². The van der Waals surface area contributed by atoms with Gasteiger partial charge < -0.3 is 15.2 Å². The van der Waals surface area contributed by atoms with E-state index in [1.807, 2.05) is 0 Å². The second-order valence-corrected chi connectivity index (χ2v) is 5.47. The van der Waals surface area contributed by atoms with Gasteiger partial charge in [-0.3, -0.25) is 9.69 Å². The Morgan fingerprint density at radius 3 is 2.58 bits per heavy atom. The van der Waals surface area contributed by atoms with E-state index in [-0.39, 0.29) is 18.0 Å². The largest absolute Gasteiger partial charge is 0.405 e. The van der Waals surface area contributed by atoms with Gasteiger partial charge in [-0.25, -0.2) is 0 Å². The first-order valence-electron chi connectivity index (χ1n) is 7.59. The van der Waals surface area contributed by atoms with E-state index in [0.717, 1.165) is 0 Å². The van der Waals surface area contributed by atoms with Gasteiger partial charge in [-0.2, -0.15) is 13.2 Å². The molecule has 0 saturated carbocycles. The van der Waals surface area contributed by atoms with Crippen LogP contribution in [0.3, 0.4) is 0 Å². The number of nitrogens with zero attached hydrogens (tertiary/aromatic N) is 2. The number of rotatable bonds is 5. The quantitative estimate of drug-likeness (QED) is 0.822. The van der Waals surface area contributed by atoms with Crippen molar-refractivity contribution in [1.29, 1.82) is 0 Å². The normalized spacial score (nSPS) is 17.2. The number of carbonyl (C=O) groups is 1. The first-order valence-corrected chi connectivity index (χ1v) is 7.59. The summed E-state index contributed by atoms with van der Waals surface area (Å²) < 4.78 is 44.8. The smallest absolute Gasteiger partial charge is 0.361 e. The Morgan fingerprint density at radius 2 is 2.04 bits per heavy atom. The Hall–Kier alpha value is -1.32.